The van der Waals surface area contributed by atoms with Gasteiger partial charge in [0.1, 0.15) is 0 Å². The van der Waals surface area contributed by atoms with Crippen LogP contribution in [0.2, 0.25) is 0 Å². The molecule has 0 aliphatic rings. The molecule has 0 saturated carbocycles. The van der Waals surface area contributed by atoms with Crippen molar-refractivity contribution < 1.29 is 18.4 Å². The van der Waals surface area contributed by atoms with E-state index in [4.69, 9.17) is 13.6 Å². The fourth-order valence-electron chi connectivity index (χ4n) is 3.69. The summed E-state index contributed by atoms with van der Waals surface area (Å²) in [5, 5.41) is 16.7. The molecule has 35 heavy (non-hydrogen) atoms. The van der Waals surface area contributed by atoms with Gasteiger partial charge in [0.25, 0.3) is 0 Å². The van der Waals surface area contributed by atoms with Gasteiger partial charge >= 0.3 is 5.97 Å². The molecule has 8 heteroatoms. The van der Waals surface area contributed by atoms with E-state index in [-0.39, 0.29) is 0 Å². The van der Waals surface area contributed by atoms with Crippen molar-refractivity contribution in [3.05, 3.63) is 82.9 Å². The number of aryl methyl sites for hydroxylation is 2. The van der Waals surface area contributed by atoms with Crippen molar-refractivity contribution in [3.8, 4) is 45.8 Å². The van der Waals surface area contributed by atoms with E-state index in [2.05, 4.69) is 53.3 Å². The number of carbonyl (C=O) groups is 1. The quantitative estimate of drug-likeness (QED) is 0.298. The third-order valence-electron chi connectivity index (χ3n) is 5.96. The third-order valence-corrected chi connectivity index (χ3v) is 5.96. The van der Waals surface area contributed by atoms with Crippen LogP contribution in [0.5, 0.6) is 0 Å². The summed E-state index contributed by atoms with van der Waals surface area (Å²) < 4.78 is 16.5. The Morgan fingerprint density at radius 1 is 0.629 bits per heavy atom. The number of hydrogen-bond acceptors (Lipinski definition) is 8. The van der Waals surface area contributed by atoms with Gasteiger partial charge in [-0.2, -0.15) is 0 Å². The second-order valence-electron chi connectivity index (χ2n) is 8.21. The molecule has 5 aromatic rings. The SMILES string of the molecule is COC(=O)c1ccc(-c2nnc(-c3ccc(-c4nnc(-c5cc(C)c(C)c(C)c5)o4)cc3)o2)cc1. The first kappa shape index (κ1) is 22.2. The fraction of sp³-hybridized carbons (Fsp3) is 0.148. The Balaban J connectivity index is 1.35. The van der Waals surface area contributed by atoms with Crippen molar-refractivity contribution in [1.29, 1.82) is 0 Å². The minimum Gasteiger partial charge on any atom is -0.465 e. The largest absolute Gasteiger partial charge is 0.465 e. The molecule has 0 bridgehead atoms. The zero-order chi connectivity index (χ0) is 24.5. The number of rotatable bonds is 5. The van der Waals surface area contributed by atoms with Gasteiger partial charge in [0.15, 0.2) is 0 Å². The Kier molecular flexibility index (Phi) is 5.70. The highest BCUT2D eigenvalue weighted by molar-refractivity contribution is 5.89. The minimum atomic E-state index is -0.402. The summed E-state index contributed by atoms with van der Waals surface area (Å²) in [4.78, 5) is 11.6. The topological polar surface area (TPSA) is 104 Å². The Hall–Kier alpha value is -4.59. The maximum absolute atomic E-state index is 11.6. The molecule has 0 fully saturated rings. The van der Waals surface area contributed by atoms with Crippen molar-refractivity contribution in [2.75, 3.05) is 7.11 Å². The first-order valence-electron chi connectivity index (χ1n) is 11.0. The molecule has 0 unspecified atom stereocenters. The highest BCUT2D eigenvalue weighted by Crippen LogP contribution is 2.29. The van der Waals surface area contributed by atoms with Gasteiger partial charge in [0, 0.05) is 22.3 Å². The molecule has 0 N–H and O–H groups in total. The van der Waals surface area contributed by atoms with E-state index in [9.17, 15) is 4.79 Å². The molecule has 5 rings (SSSR count). The molecular weight excluding hydrogens is 444 g/mol. The summed E-state index contributed by atoms with van der Waals surface area (Å²) in [5.74, 6) is 1.24. The van der Waals surface area contributed by atoms with Gasteiger partial charge in [0.05, 0.1) is 12.7 Å². The smallest absolute Gasteiger partial charge is 0.337 e. The molecule has 2 heterocycles. The van der Waals surface area contributed by atoms with Crippen molar-refractivity contribution in [2.45, 2.75) is 20.8 Å². The molecule has 0 spiro atoms. The number of aromatic nitrogens is 4. The van der Waals surface area contributed by atoms with Crippen molar-refractivity contribution in [2.24, 2.45) is 0 Å². The molecule has 0 atom stereocenters. The van der Waals surface area contributed by atoms with E-state index < -0.39 is 5.97 Å². The Morgan fingerprint density at radius 3 is 1.40 bits per heavy atom. The van der Waals surface area contributed by atoms with Gasteiger partial charge in [-0.05, 0) is 98.1 Å². The van der Waals surface area contributed by atoms with Crippen LogP contribution in [0, 0.1) is 20.8 Å². The van der Waals surface area contributed by atoms with Gasteiger partial charge in [-0.3, -0.25) is 0 Å². The van der Waals surface area contributed by atoms with Crippen LogP contribution in [0.15, 0.2) is 69.5 Å². The number of hydrogen-bond donors (Lipinski definition) is 0. The molecule has 0 aliphatic carbocycles. The van der Waals surface area contributed by atoms with Gasteiger partial charge in [-0.25, -0.2) is 4.79 Å². The fourth-order valence-corrected chi connectivity index (χ4v) is 3.69. The normalized spacial score (nSPS) is 11.0. The van der Waals surface area contributed by atoms with Crippen LogP contribution in [-0.4, -0.2) is 33.5 Å². The minimum absolute atomic E-state index is 0.353. The zero-order valence-corrected chi connectivity index (χ0v) is 19.7. The third kappa shape index (κ3) is 4.33. The Bertz CT molecular complexity index is 1490. The number of nitrogens with zero attached hydrogens (tertiary/aromatic N) is 4. The second-order valence-corrected chi connectivity index (χ2v) is 8.21. The molecule has 0 radical (unpaired) electrons. The molecule has 0 amide bonds. The van der Waals surface area contributed by atoms with Gasteiger partial charge in [-0.15, -0.1) is 20.4 Å². The second kappa shape index (κ2) is 8.98. The summed E-state index contributed by atoms with van der Waals surface area (Å²) in [5.41, 5.74) is 7.21. The van der Waals surface area contributed by atoms with Crippen LogP contribution < -0.4 is 0 Å². The number of carbonyl (C=O) groups excluding carboxylic acids is 1. The monoisotopic (exact) mass is 466 g/mol. The van der Waals surface area contributed by atoms with Crippen LogP contribution in [0.4, 0.5) is 0 Å². The van der Waals surface area contributed by atoms with Gasteiger partial charge in [0.2, 0.25) is 23.6 Å². The predicted molar refractivity (Wildman–Crippen MR) is 129 cm³/mol. The van der Waals surface area contributed by atoms with Gasteiger partial charge in [-0.1, -0.05) is 0 Å². The van der Waals surface area contributed by atoms with E-state index in [1.54, 1.807) is 24.3 Å². The zero-order valence-electron chi connectivity index (χ0n) is 19.7. The number of benzene rings is 3. The lowest BCUT2D eigenvalue weighted by Gasteiger charge is -2.06. The van der Waals surface area contributed by atoms with Crippen molar-refractivity contribution in [1.82, 2.24) is 20.4 Å². The van der Waals surface area contributed by atoms with Crippen LogP contribution in [0.3, 0.4) is 0 Å². The lowest BCUT2D eigenvalue weighted by atomic mass is 10.0. The summed E-state index contributed by atoms with van der Waals surface area (Å²) in [6.07, 6.45) is 0. The average Bonchev–Trinajstić information content (AvgIpc) is 3.57. The average molecular weight is 466 g/mol. The first-order chi connectivity index (χ1) is 16.9. The van der Waals surface area contributed by atoms with E-state index in [0.29, 0.717) is 34.7 Å². The van der Waals surface area contributed by atoms with E-state index in [1.807, 2.05) is 24.3 Å². The predicted octanol–water partition coefficient (Wildman–Crippen LogP) is 5.83. The lowest BCUT2D eigenvalue weighted by molar-refractivity contribution is 0.0600. The van der Waals surface area contributed by atoms with Crippen molar-refractivity contribution in [3.63, 3.8) is 0 Å². The first-order valence-corrected chi connectivity index (χ1v) is 11.0. The van der Waals surface area contributed by atoms with E-state index in [1.165, 1.54) is 23.8 Å². The molecule has 0 aliphatic heterocycles. The molecule has 3 aromatic carbocycles. The number of esters is 1. The van der Waals surface area contributed by atoms with Crippen LogP contribution in [-0.2, 0) is 4.74 Å². The van der Waals surface area contributed by atoms with Crippen LogP contribution in [0.25, 0.3) is 45.8 Å². The Labute approximate surface area is 201 Å². The lowest BCUT2D eigenvalue weighted by Crippen LogP contribution is -2.00. The maximum atomic E-state index is 11.6. The summed E-state index contributed by atoms with van der Waals surface area (Å²) in [7, 11) is 1.34. The highest BCUT2D eigenvalue weighted by atomic mass is 16.5. The molecule has 8 nitrogen and oxygen atoms in total. The summed E-state index contributed by atoms with van der Waals surface area (Å²) in [6.45, 7) is 6.24. The molecule has 174 valence electrons. The number of methoxy groups -OCH3 is 1. The highest BCUT2D eigenvalue weighted by Gasteiger charge is 2.15. The van der Waals surface area contributed by atoms with Crippen LogP contribution >= 0.6 is 0 Å². The molecule has 0 saturated heterocycles. The maximum Gasteiger partial charge on any atom is 0.337 e. The van der Waals surface area contributed by atoms with E-state index in [0.717, 1.165) is 16.7 Å². The molecule has 2 aromatic heterocycles. The van der Waals surface area contributed by atoms with Crippen LogP contribution in [0.1, 0.15) is 27.0 Å². The summed E-state index contributed by atoms with van der Waals surface area (Å²) >= 11 is 0. The Morgan fingerprint density at radius 2 is 1.00 bits per heavy atom. The number of ether oxygens (including phenoxy) is 1. The summed E-state index contributed by atoms with van der Waals surface area (Å²) in [6, 6.07) is 18.3. The van der Waals surface area contributed by atoms with E-state index >= 15 is 0 Å². The molecular formula is C27H22N4O4. The standard InChI is InChI=1S/C27H22N4O4/c1-15-13-22(14-16(2)17(15)3)26-31-30-25(35-26)19-7-5-18(6-8-19)23-28-29-24(34-23)20-9-11-21(12-10-20)27(32)33-4/h5-14H,1-4H3. The van der Waals surface area contributed by atoms with Crippen molar-refractivity contribution >= 4 is 5.97 Å². The van der Waals surface area contributed by atoms with Gasteiger partial charge < -0.3 is 13.6 Å².